The van der Waals surface area contributed by atoms with Gasteiger partial charge >= 0.3 is 5.97 Å². The van der Waals surface area contributed by atoms with Crippen LogP contribution >= 0.6 is 0 Å². The van der Waals surface area contributed by atoms with Gasteiger partial charge in [-0.3, -0.25) is 0 Å². The largest absolute Gasteiger partial charge is 0.365 e. The SMILES string of the molecule is Cc1ccc(C(=O)ON=C(N=[N+]=[N-])c2ccccc2)cc1. The lowest BCUT2D eigenvalue weighted by atomic mass is 10.2. The summed E-state index contributed by atoms with van der Waals surface area (Å²) in [5, 5.41) is 7.06. The van der Waals surface area contributed by atoms with Crippen molar-refractivity contribution in [3.63, 3.8) is 0 Å². The van der Waals surface area contributed by atoms with Crippen LogP contribution in [0.3, 0.4) is 0 Å². The van der Waals surface area contributed by atoms with E-state index in [1.165, 1.54) is 0 Å². The molecule has 0 saturated carbocycles. The molecule has 6 heteroatoms. The minimum Gasteiger partial charge on any atom is -0.312 e. The van der Waals surface area contributed by atoms with Gasteiger partial charge < -0.3 is 4.84 Å². The molecule has 21 heavy (non-hydrogen) atoms. The number of azide groups is 1. The Balaban J connectivity index is 2.18. The van der Waals surface area contributed by atoms with Crippen molar-refractivity contribution in [1.82, 2.24) is 0 Å². The molecule has 104 valence electrons. The number of hydrogen-bond donors (Lipinski definition) is 0. The second-order valence-electron chi connectivity index (χ2n) is 4.22. The molecule has 0 heterocycles. The summed E-state index contributed by atoms with van der Waals surface area (Å²) in [6, 6.07) is 15.6. The average Bonchev–Trinajstić information content (AvgIpc) is 2.52. The minimum absolute atomic E-state index is 0.00133. The quantitative estimate of drug-likeness (QED) is 0.163. The highest BCUT2D eigenvalue weighted by Gasteiger charge is 2.08. The fourth-order valence-electron chi connectivity index (χ4n) is 1.59. The topological polar surface area (TPSA) is 87.4 Å². The standard InChI is InChI=1S/C15H12N4O2/c1-11-7-9-13(10-8-11)15(20)21-18-14(17-19-16)12-5-3-2-4-6-12/h2-10H,1H3. The van der Waals surface area contributed by atoms with Gasteiger partial charge in [0.15, 0.2) is 5.84 Å². The zero-order chi connectivity index (χ0) is 15.1. The lowest BCUT2D eigenvalue weighted by Gasteiger charge is -2.01. The Labute approximate surface area is 121 Å². The highest BCUT2D eigenvalue weighted by atomic mass is 16.7. The highest BCUT2D eigenvalue weighted by Crippen LogP contribution is 2.07. The number of carbonyl (C=O) groups is 1. The van der Waals surface area contributed by atoms with Crippen molar-refractivity contribution in [2.75, 3.05) is 0 Å². The maximum atomic E-state index is 11.8. The smallest absolute Gasteiger partial charge is 0.312 e. The molecule has 0 N–H and O–H groups in total. The van der Waals surface area contributed by atoms with Gasteiger partial charge in [0.1, 0.15) is 0 Å². The van der Waals surface area contributed by atoms with Crippen LogP contribution in [0.5, 0.6) is 0 Å². The summed E-state index contributed by atoms with van der Waals surface area (Å²) in [6.45, 7) is 1.92. The first-order chi connectivity index (χ1) is 10.2. The van der Waals surface area contributed by atoms with E-state index in [9.17, 15) is 4.79 Å². The maximum absolute atomic E-state index is 11.8. The number of amidine groups is 1. The van der Waals surface area contributed by atoms with Crippen LogP contribution in [0.1, 0.15) is 21.5 Å². The molecular weight excluding hydrogens is 268 g/mol. The molecule has 6 nitrogen and oxygen atoms in total. The summed E-state index contributed by atoms with van der Waals surface area (Å²) in [4.78, 5) is 19.3. The van der Waals surface area contributed by atoms with E-state index in [1.807, 2.05) is 13.0 Å². The summed E-state index contributed by atoms with van der Waals surface area (Å²) in [7, 11) is 0. The van der Waals surface area contributed by atoms with E-state index in [-0.39, 0.29) is 5.84 Å². The number of rotatable bonds is 3. The van der Waals surface area contributed by atoms with Crippen LogP contribution in [-0.4, -0.2) is 11.8 Å². The van der Waals surface area contributed by atoms with Crippen LogP contribution in [0.15, 0.2) is 64.9 Å². The number of nitrogens with zero attached hydrogens (tertiary/aromatic N) is 4. The predicted molar refractivity (Wildman–Crippen MR) is 78.7 cm³/mol. The fraction of sp³-hybridized carbons (Fsp3) is 0.0667. The Morgan fingerprint density at radius 1 is 1.05 bits per heavy atom. The molecule has 0 aliphatic rings. The number of hydrogen-bond acceptors (Lipinski definition) is 3. The lowest BCUT2D eigenvalue weighted by Crippen LogP contribution is -2.04. The minimum atomic E-state index is -0.614. The number of benzene rings is 2. The van der Waals surface area contributed by atoms with Crippen molar-refractivity contribution < 1.29 is 9.63 Å². The molecule has 0 aromatic heterocycles. The van der Waals surface area contributed by atoms with Crippen molar-refractivity contribution in [3.05, 3.63) is 81.7 Å². The molecule has 0 bridgehead atoms. The summed E-state index contributed by atoms with van der Waals surface area (Å²) in [6.07, 6.45) is 0. The lowest BCUT2D eigenvalue weighted by molar-refractivity contribution is 0.0516. The average molecular weight is 280 g/mol. The Bertz CT molecular complexity index is 702. The van der Waals surface area contributed by atoms with Crippen molar-refractivity contribution in [2.45, 2.75) is 6.92 Å². The van der Waals surface area contributed by atoms with Crippen molar-refractivity contribution in [2.24, 2.45) is 10.3 Å². The van der Waals surface area contributed by atoms with Gasteiger partial charge in [0.05, 0.1) is 5.56 Å². The summed E-state index contributed by atoms with van der Waals surface area (Å²) in [5.74, 6) is -0.616. The van der Waals surface area contributed by atoms with Crippen LogP contribution in [0.4, 0.5) is 0 Å². The molecule has 0 aliphatic heterocycles. The molecule has 0 aliphatic carbocycles. The molecule has 0 spiro atoms. The molecule has 2 rings (SSSR count). The molecule has 0 fully saturated rings. The first-order valence-electron chi connectivity index (χ1n) is 6.17. The van der Waals surface area contributed by atoms with E-state index in [2.05, 4.69) is 15.2 Å². The summed E-state index contributed by atoms with van der Waals surface area (Å²) >= 11 is 0. The van der Waals surface area contributed by atoms with Gasteiger partial charge in [0.25, 0.3) is 0 Å². The molecule has 0 atom stereocenters. The summed E-state index contributed by atoms with van der Waals surface area (Å²) in [5.41, 5.74) is 10.5. The van der Waals surface area contributed by atoms with Crippen LogP contribution in [0.2, 0.25) is 0 Å². The van der Waals surface area contributed by atoms with Crippen molar-refractivity contribution in [3.8, 4) is 0 Å². The third-order valence-corrected chi connectivity index (χ3v) is 2.67. The highest BCUT2D eigenvalue weighted by molar-refractivity contribution is 5.99. The third kappa shape index (κ3) is 3.92. The van der Waals surface area contributed by atoms with Gasteiger partial charge in [-0.05, 0) is 29.7 Å². The van der Waals surface area contributed by atoms with Gasteiger partial charge in [0, 0.05) is 10.5 Å². The van der Waals surface area contributed by atoms with E-state index in [4.69, 9.17) is 10.4 Å². The first kappa shape index (κ1) is 14.3. The molecular formula is C15H12N4O2. The maximum Gasteiger partial charge on any atom is 0.365 e. The third-order valence-electron chi connectivity index (χ3n) is 2.67. The molecule has 2 aromatic rings. The van der Waals surface area contributed by atoms with E-state index < -0.39 is 5.97 Å². The van der Waals surface area contributed by atoms with Gasteiger partial charge in [-0.15, -0.1) is 0 Å². The van der Waals surface area contributed by atoms with Crippen molar-refractivity contribution >= 4 is 11.8 Å². The first-order valence-corrected chi connectivity index (χ1v) is 6.17. The molecule has 0 saturated heterocycles. The van der Waals surface area contributed by atoms with Gasteiger partial charge in [-0.1, -0.05) is 53.2 Å². The van der Waals surface area contributed by atoms with Crippen LogP contribution < -0.4 is 0 Å². The Morgan fingerprint density at radius 2 is 1.71 bits per heavy atom. The Morgan fingerprint density at radius 3 is 2.33 bits per heavy atom. The molecule has 2 aromatic carbocycles. The van der Waals surface area contributed by atoms with Crippen LogP contribution in [-0.2, 0) is 4.84 Å². The van der Waals surface area contributed by atoms with Crippen LogP contribution in [0, 0.1) is 6.92 Å². The fourth-order valence-corrected chi connectivity index (χ4v) is 1.59. The van der Waals surface area contributed by atoms with Gasteiger partial charge in [0.2, 0.25) is 0 Å². The van der Waals surface area contributed by atoms with Gasteiger partial charge in [-0.25, -0.2) is 4.79 Å². The van der Waals surface area contributed by atoms with E-state index in [0.29, 0.717) is 11.1 Å². The number of aryl methyl sites for hydroxylation is 1. The molecule has 0 unspecified atom stereocenters. The van der Waals surface area contributed by atoms with E-state index in [1.54, 1.807) is 48.5 Å². The predicted octanol–water partition coefficient (Wildman–Crippen LogP) is 3.82. The Kier molecular flexibility index (Phi) is 4.69. The number of carbonyl (C=O) groups excluding carboxylic acids is 1. The van der Waals surface area contributed by atoms with Crippen molar-refractivity contribution in [1.29, 1.82) is 0 Å². The van der Waals surface area contributed by atoms with Crippen LogP contribution in [0.25, 0.3) is 10.4 Å². The normalized spacial score (nSPS) is 10.6. The van der Waals surface area contributed by atoms with Gasteiger partial charge in [-0.2, -0.15) is 0 Å². The number of oxime groups is 1. The monoisotopic (exact) mass is 280 g/mol. The Hall–Kier alpha value is -3.11. The zero-order valence-electron chi connectivity index (χ0n) is 11.3. The zero-order valence-corrected chi connectivity index (χ0v) is 11.3. The molecule has 0 amide bonds. The second-order valence-corrected chi connectivity index (χ2v) is 4.22. The van der Waals surface area contributed by atoms with E-state index in [0.717, 1.165) is 5.56 Å². The van der Waals surface area contributed by atoms with E-state index >= 15 is 0 Å². The molecule has 0 radical (unpaired) electrons. The summed E-state index contributed by atoms with van der Waals surface area (Å²) < 4.78 is 0. The second kappa shape index (κ2) is 6.88.